The highest BCUT2D eigenvalue weighted by Gasteiger charge is 2.25. The Morgan fingerprint density at radius 1 is 1.14 bits per heavy atom. The van der Waals surface area contributed by atoms with Crippen molar-refractivity contribution >= 4 is 0 Å². The van der Waals surface area contributed by atoms with Gasteiger partial charge in [-0.15, -0.1) is 0 Å². The van der Waals surface area contributed by atoms with Crippen LogP contribution in [0, 0.1) is 0 Å². The largest absolute Gasteiger partial charge is 0.391 e. The van der Waals surface area contributed by atoms with Crippen LogP contribution >= 0.6 is 0 Å². The highest BCUT2D eigenvalue weighted by molar-refractivity contribution is 4.45. The van der Waals surface area contributed by atoms with Crippen molar-refractivity contribution in [2.24, 2.45) is 0 Å². The molecular formula is C3H4F4. The topological polar surface area (TPSA) is 0 Å². The molecule has 0 aliphatic rings. The van der Waals surface area contributed by atoms with Gasteiger partial charge in [0.2, 0.25) is 0 Å². The van der Waals surface area contributed by atoms with E-state index >= 15 is 0 Å². The van der Waals surface area contributed by atoms with E-state index in [0.717, 1.165) is 0 Å². The molecule has 0 aliphatic carbocycles. The Bertz CT molecular complexity index is 45.4. The van der Waals surface area contributed by atoms with Gasteiger partial charge in [0.25, 0.3) is 0 Å². The van der Waals surface area contributed by atoms with Gasteiger partial charge in [0.1, 0.15) is 0 Å². The molecule has 0 fully saturated rings. The molecule has 0 nitrogen and oxygen atoms in total. The van der Waals surface area contributed by atoms with E-state index in [1.807, 2.05) is 0 Å². The van der Waals surface area contributed by atoms with Crippen LogP contribution < -0.4 is 0 Å². The van der Waals surface area contributed by atoms with Crippen molar-refractivity contribution in [3.63, 3.8) is 0 Å². The van der Waals surface area contributed by atoms with Crippen LogP contribution in [0.25, 0.3) is 0 Å². The summed E-state index contributed by atoms with van der Waals surface area (Å²) in [5.41, 5.74) is 0. The van der Waals surface area contributed by atoms with Crippen LogP contribution in [-0.2, 0) is 0 Å². The maximum Gasteiger partial charge on any atom is 0.391 e. The standard InChI is InChI=1S/C3H4F4/c4-2-1-3(5,6)7/h1-2H2. The van der Waals surface area contributed by atoms with Crippen LogP contribution in [-0.4, -0.2) is 12.9 Å². The molecule has 0 spiro atoms. The number of hydrogen-bond acceptors (Lipinski definition) is 0. The van der Waals surface area contributed by atoms with Crippen LogP contribution in [0.15, 0.2) is 0 Å². The molecule has 0 heterocycles. The molecule has 0 saturated heterocycles. The Hall–Kier alpha value is -0.280. The van der Waals surface area contributed by atoms with Gasteiger partial charge >= 0.3 is 6.18 Å². The molecule has 0 rings (SSSR count). The van der Waals surface area contributed by atoms with Gasteiger partial charge in [0.15, 0.2) is 0 Å². The van der Waals surface area contributed by atoms with Gasteiger partial charge in [-0.05, 0) is 0 Å². The lowest BCUT2D eigenvalue weighted by atomic mass is 10.5. The van der Waals surface area contributed by atoms with E-state index in [1.165, 1.54) is 0 Å². The molecule has 0 N–H and O–H groups in total. The molecule has 0 amide bonds. The van der Waals surface area contributed by atoms with Gasteiger partial charge < -0.3 is 0 Å². The van der Waals surface area contributed by atoms with Gasteiger partial charge in [-0.3, -0.25) is 4.39 Å². The molecule has 44 valence electrons. The summed E-state index contributed by atoms with van der Waals surface area (Å²) >= 11 is 0. The van der Waals surface area contributed by atoms with Crippen LogP contribution in [0.5, 0.6) is 0 Å². The predicted molar refractivity (Wildman–Crippen MR) is 16.6 cm³/mol. The van der Waals surface area contributed by atoms with E-state index in [4.69, 9.17) is 0 Å². The Balaban J connectivity index is 3.15. The number of rotatable bonds is 1. The maximum atomic E-state index is 10.8. The van der Waals surface area contributed by atoms with Crippen molar-refractivity contribution in [3.05, 3.63) is 0 Å². The second-order valence-electron chi connectivity index (χ2n) is 1.05. The summed E-state index contributed by atoms with van der Waals surface area (Å²) in [5, 5.41) is 0. The fourth-order valence-electron chi connectivity index (χ4n) is 0.107. The van der Waals surface area contributed by atoms with E-state index < -0.39 is 19.3 Å². The summed E-state index contributed by atoms with van der Waals surface area (Å²) in [6.45, 7) is -1.32. The Morgan fingerprint density at radius 2 is 1.57 bits per heavy atom. The zero-order valence-corrected chi connectivity index (χ0v) is 3.43. The van der Waals surface area contributed by atoms with Crippen LogP contribution in [0.2, 0.25) is 0 Å². The molecule has 0 radical (unpaired) electrons. The molecule has 0 unspecified atom stereocenters. The molecule has 0 atom stereocenters. The second kappa shape index (κ2) is 2.14. The van der Waals surface area contributed by atoms with E-state index in [2.05, 4.69) is 0 Å². The highest BCUT2D eigenvalue weighted by atomic mass is 19.4. The van der Waals surface area contributed by atoms with Crippen molar-refractivity contribution in [3.8, 4) is 0 Å². The third-order valence-electron chi connectivity index (χ3n) is 0.378. The number of alkyl halides is 4. The first-order valence-electron chi connectivity index (χ1n) is 1.69. The van der Waals surface area contributed by atoms with Crippen molar-refractivity contribution in [1.82, 2.24) is 0 Å². The minimum absolute atomic E-state index is 1.32. The van der Waals surface area contributed by atoms with Gasteiger partial charge in [0, 0.05) is 0 Å². The average Bonchev–Trinajstić information content (AvgIpc) is 1.30. The molecule has 0 aromatic heterocycles. The van der Waals surface area contributed by atoms with Gasteiger partial charge in [-0.25, -0.2) is 0 Å². The first kappa shape index (κ1) is 6.72. The molecular weight excluding hydrogens is 112 g/mol. The van der Waals surface area contributed by atoms with Gasteiger partial charge in [-0.1, -0.05) is 0 Å². The van der Waals surface area contributed by atoms with Crippen LogP contribution in [0.4, 0.5) is 17.6 Å². The van der Waals surface area contributed by atoms with Crippen molar-refractivity contribution in [1.29, 1.82) is 0 Å². The lowest BCUT2D eigenvalue weighted by Crippen LogP contribution is -2.07. The lowest BCUT2D eigenvalue weighted by molar-refractivity contribution is -0.136. The van der Waals surface area contributed by atoms with Crippen molar-refractivity contribution in [2.45, 2.75) is 12.6 Å². The third kappa shape index (κ3) is 5.72. The molecule has 0 aliphatic heterocycles. The Labute approximate surface area is 38.1 Å². The summed E-state index contributed by atoms with van der Waals surface area (Å²) in [6, 6.07) is 0. The summed E-state index contributed by atoms with van der Waals surface area (Å²) in [6.07, 6.45) is -5.65. The molecule has 7 heavy (non-hydrogen) atoms. The summed E-state index contributed by atoms with van der Waals surface area (Å²) < 4.78 is 43.2. The SMILES string of the molecule is FCCC(F)(F)F. The maximum absolute atomic E-state index is 10.8. The van der Waals surface area contributed by atoms with Crippen LogP contribution in [0.1, 0.15) is 6.42 Å². The molecule has 0 saturated carbocycles. The molecule has 4 heteroatoms. The van der Waals surface area contributed by atoms with Crippen molar-refractivity contribution in [2.75, 3.05) is 6.67 Å². The Kier molecular flexibility index (Phi) is 2.05. The minimum atomic E-state index is -4.32. The quantitative estimate of drug-likeness (QED) is 0.459. The first-order chi connectivity index (χ1) is 3.06. The van der Waals surface area contributed by atoms with Crippen LogP contribution in [0.3, 0.4) is 0 Å². The minimum Gasteiger partial charge on any atom is -0.251 e. The summed E-state index contributed by atoms with van der Waals surface area (Å²) in [5.74, 6) is 0. The Morgan fingerprint density at radius 3 is 1.57 bits per heavy atom. The summed E-state index contributed by atoms with van der Waals surface area (Å²) in [7, 11) is 0. The fraction of sp³-hybridized carbons (Fsp3) is 1.00. The zero-order valence-electron chi connectivity index (χ0n) is 3.43. The van der Waals surface area contributed by atoms with E-state index in [9.17, 15) is 17.6 Å². The monoisotopic (exact) mass is 116 g/mol. The highest BCUT2D eigenvalue weighted by Crippen LogP contribution is 2.18. The second-order valence-corrected chi connectivity index (χ2v) is 1.05. The smallest absolute Gasteiger partial charge is 0.251 e. The first-order valence-corrected chi connectivity index (χ1v) is 1.69. The molecule has 0 aromatic rings. The molecule has 0 bridgehead atoms. The number of hydrogen-bond donors (Lipinski definition) is 0. The fourth-order valence-corrected chi connectivity index (χ4v) is 0.107. The van der Waals surface area contributed by atoms with E-state index in [0.29, 0.717) is 0 Å². The van der Waals surface area contributed by atoms with E-state index in [1.54, 1.807) is 0 Å². The average molecular weight is 116 g/mol. The predicted octanol–water partition coefficient (Wildman–Crippen LogP) is 1.91. The number of halogens is 4. The zero-order chi connectivity index (χ0) is 5.91. The van der Waals surface area contributed by atoms with Gasteiger partial charge in [0.05, 0.1) is 13.1 Å². The molecule has 0 aromatic carbocycles. The normalized spacial score (nSPS) is 12.0. The van der Waals surface area contributed by atoms with E-state index in [-0.39, 0.29) is 0 Å². The van der Waals surface area contributed by atoms with Gasteiger partial charge in [-0.2, -0.15) is 13.2 Å². The van der Waals surface area contributed by atoms with Crippen molar-refractivity contribution < 1.29 is 17.6 Å². The third-order valence-corrected chi connectivity index (χ3v) is 0.378. The lowest BCUT2D eigenvalue weighted by Gasteiger charge is -1.98. The summed E-state index contributed by atoms with van der Waals surface area (Å²) in [4.78, 5) is 0.